The minimum absolute atomic E-state index is 0.212. The average Bonchev–Trinajstić information content (AvgIpc) is 2.59. The highest BCUT2D eigenvalue weighted by Gasteiger charge is 2.28. The Balaban J connectivity index is 2.09. The van der Waals surface area contributed by atoms with Crippen LogP contribution in [0.5, 0.6) is 0 Å². The number of aryl methyl sites for hydroxylation is 1. The molecule has 1 aliphatic rings. The van der Waals surface area contributed by atoms with Crippen molar-refractivity contribution < 1.29 is 13.2 Å². The first kappa shape index (κ1) is 19.4. The lowest BCUT2D eigenvalue weighted by molar-refractivity contribution is 0.00297. The lowest BCUT2D eigenvalue weighted by Crippen LogP contribution is -2.52. The molecular weight excluding hydrogens is 324 g/mol. The Labute approximate surface area is 146 Å². The first-order chi connectivity index (χ1) is 11.5. The number of hydrogen-bond donors (Lipinski definition) is 1. The molecule has 0 radical (unpaired) electrons. The van der Waals surface area contributed by atoms with E-state index in [-0.39, 0.29) is 6.04 Å². The third kappa shape index (κ3) is 5.02. The molecule has 136 valence electrons. The van der Waals surface area contributed by atoms with E-state index in [1.807, 2.05) is 19.1 Å². The number of morpholine rings is 1. The molecule has 1 heterocycles. The Hall–Kier alpha value is -0.950. The normalized spacial score (nSPS) is 18.0. The standard InChI is InChI=1S/C18H30N2O3S/c1-4-16(5-2)18(20-10-12-23-13-11-20)14-19-24(21,22)17-8-6-15(3)7-9-17/h6-9,16,18-19H,4-5,10-14H2,1-3H3. The molecule has 0 bridgehead atoms. The second-order valence-electron chi connectivity index (χ2n) is 6.46. The number of sulfonamides is 1. The summed E-state index contributed by atoms with van der Waals surface area (Å²) in [6.45, 7) is 9.93. The van der Waals surface area contributed by atoms with Gasteiger partial charge in [0.25, 0.3) is 0 Å². The van der Waals surface area contributed by atoms with E-state index >= 15 is 0 Å². The molecule has 1 atom stereocenters. The van der Waals surface area contributed by atoms with Crippen LogP contribution in [0.2, 0.25) is 0 Å². The molecule has 1 saturated heterocycles. The highest BCUT2D eigenvalue weighted by atomic mass is 32.2. The molecule has 24 heavy (non-hydrogen) atoms. The van der Waals surface area contributed by atoms with Gasteiger partial charge in [-0.3, -0.25) is 4.90 Å². The average molecular weight is 355 g/mol. The van der Waals surface area contributed by atoms with Crippen molar-refractivity contribution in [2.24, 2.45) is 5.92 Å². The van der Waals surface area contributed by atoms with Crippen molar-refractivity contribution >= 4 is 10.0 Å². The molecule has 0 saturated carbocycles. The van der Waals surface area contributed by atoms with Gasteiger partial charge in [0.15, 0.2) is 0 Å². The van der Waals surface area contributed by atoms with E-state index in [1.165, 1.54) is 0 Å². The Morgan fingerprint density at radius 1 is 1.12 bits per heavy atom. The van der Waals surface area contributed by atoms with E-state index in [0.717, 1.165) is 44.7 Å². The van der Waals surface area contributed by atoms with Gasteiger partial charge >= 0.3 is 0 Å². The Morgan fingerprint density at radius 3 is 2.25 bits per heavy atom. The molecule has 1 fully saturated rings. The van der Waals surface area contributed by atoms with E-state index in [4.69, 9.17) is 4.74 Å². The predicted molar refractivity (Wildman–Crippen MR) is 96.6 cm³/mol. The lowest BCUT2D eigenvalue weighted by Gasteiger charge is -2.38. The van der Waals surface area contributed by atoms with Gasteiger partial charge in [-0.2, -0.15) is 0 Å². The number of ether oxygens (including phenoxy) is 1. The highest BCUT2D eigenvalue weighted by Crippen LogP contribution is 2.20. The van der Waals surface area contributed by atoms with Gasteiger partial charge < -0.3 is 4.74 Å². The maximum absolute atomic E-state index is 12.6. The fourth-order valence-electron chi connectivity index (χ4n) is 3.33. The number of nitrogens with one attached hydrogen (secondary N) is 1. The molecule has 1 N–H and O–H groups in total. The zero-order valence-corrected chi connectivity index (χ0v) is 15.8. The Bertz CT molecular complexity index is 591. The van der Waals surface area contributed by atoms with Gasteiger partial charge in [0.2, 0.25) is 10.0 Å². The minimum atomic E-state index is -3.47. The second kappa shape index (κ2) is 8.94. The van der Waals surface area contributed by atoms with Crippen LogP contribution in [0.1, 0.15) is 32.3 Å². The van der Waals surface area contributed by atoms with E-state index < -0.39 is 10.0 Å². The quantitative estimate of drug-likeness (QED) is 0.779. The first-order valence-electron chi connectivity index (χ1n) is 8.86. The fourth-order valence-corrected chi connectivity index (χ4v) is 4.38. The lowest BCUT2D eigenvalue weighted by atomic mass is 9.92. The van der Waals surface area contributed by atoms with Crippen LogP contribution >= 0.6 is 0 Å². The van der Waals surface area contributed by atoms with Crippen molar-refractivity contribution in [2.45, 2.75) is 44.6 Å². The summed E-state index contributed by atoms with van der Waals surface area (Å²) in [6, 6.07) is 7.20. The van der Waals surface area contributed by atoms with Gasteiger partial charge in [0.05, 0.1) is 18.1 Å². The largest absolute Gasteiger partial charge is 0.379 e. The molecule has 1 aromatic rings. The van der Waals surface area contributed by atoms with Gasteiger partial charge in [-0.1, -0.05) is 44.4 Å². The Morgan fingerprint density at radius 2 is 1.71 bits per heavy atom. The summed E-state index contributed by atoms with van der Waals surface area (Å²) in [5, 5.41) is 0. The van der Waals surface area contributed by atoms with Gasteiger partial charge in [-0.05, 0) is 25.0 Å². The van der Waals surface area contributed by atoms with E-state index in [9.17, 15) is 8.42 Å². The predicted octanol–water partition coefficient (Wildman–Crippen LogP) is 2.41. The summed E-state index contributed by atoms with van der Waals surface area (Å²) in [7, 11) is -3.47. The molecule has 1 aliphatic heterocycles. The number of benzene rings is 1. The van der Waals surface area contributed by atoms with Crippen LogP contribution in [-0.2, 0) is 14.8 Å². The van der Waals surface area contributed by atoms with Gasteiger partial charge in [0.1, 0.15) is 0 Å². The zero-order valence-electron chi connectivity index (χ0n) is 15.0. The SMILES string of the molecule is CCC(CC)C(CNS(=O)(=O)c1ccc(C)cc1)N1CCOCC1. The molecule has 5 nitrogen and oxygen atoms in total. The number of rotatable bonds is 8. The van der Waals surface area contributed by atoms with Gasteiger partial charge in [-0.15, -0.1) is 0 Å². The van der Waals surface area contributed by atoms with Crippen molar-refractivity contribution in [3.63, 3.8) is 0 Å². The van der Waals surface area contributed by atoms with E-state index in [2.05, 4.69) is 23.5 Å². The second-order valence-corrected chi connectivity index (χ2v) is 8.22. The monoisotopic (exact) mass is 354 g/mol. The highest BCUT2D eigenvalue weighted by molar-refractivity contribution is 7.89. The third-order valence-electron chi connectivity index (χ3n) is 4.92. The molecule has 2 rings (SSSR count). The van der Waals surface area contributed by atoms with Crippen LogP contribution in [-0.4, -0.2) is 52.2 Å². The molecule has 6 heteroatoms. The number of hydrogen-bond acceptors (Lipinski definition) is 4. The summed E-state index contributed by atoms with van der Waals surface area (Å²) in [4.78, 5) is 2.71. The fraction of sp³-hybridized carbons (Fsp3) is 0.667. The zero-order chi connectivity index (χ0) is 17.6. The molecule has 0 spiro atoms. The minimum Gasteiger partial charge on any atom is -0.379 e. The van der Waals surface area contributed by atoms with Crippen molar-refractivity contribution in [1.29, 1.82) is 0 Å². The van der Waals surface area contributed by atoms with Crippen molar-refractivity contribution in [1.82, 2.24) is 9.62 Å². The summed E-state index contributed by atoms with van der Waals surface area (Å²) in [5.41, 5.74) is 1.05. The topological polar surface area (TPSA) is 58.6 Å². The summed E-state index contributed by atoms with van der Waals surface area (Å²) in [5.74, 6) is 0.476. The van der Waals surface area contributed by atoms with Crippen LogP contribution in [0, 0.1) is 12.8 Å². The van der Waals surface area contributed by atoms with E-state index in [0.29, 0.717) is 17.4 Å². The maximum Gasteiger partial charge on any atom is 0.240 e. The molecule has 1 unspecified atom stereocenters. The smallest absolute Gasteiger partial charge is 0.240 e. The van der Waals surface area contributed by atoms with Crippen LogP contribution in [0.15, 0.2) is 29.2 Å². The Kier molecular flexibility index (Phi) is 7.22. The molecule has 0 amide bonds. The van der Waals surface area contributed by atoms with Gasteiger partial charge in [0, 0.05) is 25.7 Å². The van der Waals surface area contributed by atoms with Crippen LogP contribution < -0.4 is 4.72 Å². The number of nitrogens with zero attached hydrogens (tertiary/aromatic N) is 1. The molecule has 0 aliphatic carbocycles. The van der Waals surface area contributed by atoms with E-state index in [1.54, 1.807) is 12.1 Å². The maximum atomic E-state index is 12.6. The third-order valence-corrected chi connectivity index (χ3v) is 6.36. The van der Waals surface area contributed by atoms with Gasteiger partial charge in [-0.25, -0.2) is 13.1 Å². The van der Waals surface area contributed by atoms with Crippen LogP contribution in [0.25, 0.3) is 0 Å². The summed E-state index contributed by atoms with van der Waals surface area (Å²) in [6.07, 6.45) is 2.09. The molecular formula is C18H30N2O3S. The summed E-state index contributed by atoms with van der Waals surface area (Å²) >= 11 is 0. The van der Waals surface area contributed by atoms with Crippen molar-refractivity contribution in [3.05, 3.63) is 29.8 Å². The van der Waals surface area contributed by atoms with Crippen LogP contribution in [0.4, 0.5) is 0 Å². The van der Waals surface area contributed by atoms with Crippen molar-refractivity contribution in [2.75, 3.05) is 32.8 Å². The molecule has 1 aromatic carbocycles. The van der Waals surface area contributed by atoms with Crippen LogP contribution in [0.3, 0.4) is 0 Å². The summed E-state index contributed by atoms with van der Waals surface area (Å²) < 4.78 is 33.4. The first-order valence-corrected chi connectivity index (χ1v) is 10.3. The molecule has 0 aromatic heterocycles. The van der Waals surface area contributed by atoms with Crippen molar-refractivity contribution in [3.8, 4) is 0 Å².